The average molecular weight is 344 g/mol. The number of ether oxygens (including phenoxy) is 1. The van der Waals surface area contributed by atoms with E-state index in [4.69, 9.17) is 4.74 Å². The second kappa shape index (κ2) is 6.40. The van der Waals surface area contributed by atoms with Gasteiger partial charge in [-0.2, -0.15) is 5.10 Å². The van der Waals surface area contributed by atoms with Crippen molar-refractivity contribution in [2.45, 2.75) is 20.8 Å². The van der Waals surface area contributed by atoms with E-state index in [-0.39, 0.29) is 12.5 Å². The fourth-order valence-corrected chi connectivity index (χ4v) is 3.37. The predicted molar refractivity (Wildman–Crippen MR) is 90.7 cm³/mol. The Morgan fingerprint density at radius 3 is 2.92 bits per heavy atom. The molecule has 0 radical (unpaired) electrons. The van der Waals surface area contributed by atoms with Gasteiger partial charge in [-0.25, -0.2) is 14.3 Å². The number of nitrogens with zero attached hydrogens (tertiary/aromatic N) is 3. The van der Waals surface area contributed by atoms with Crippen LogP contribution in [0.15, 0.2) is 24.7 Å². The molecule has 1 amide bonds. The van der Waals surface area contributed by atoms with Gasteiger partial charge in [0.2, 0.25) is 0 Å². The maximum atomic E-state index is 12.6. The summed E-state index contributed by atoms with van der Waals surface area (Å²) in [6.45, 7) is 5.76. The number of carbonyl (C=O) groups is 2. The van der Waals surface area contributed by atoms with Crippen LogP contribution >= 0.6 is 11.3 Å². The van der Waals surface area contributed by atoms with Crippen molar-refractivity contribution in [1.82, 2.24) is 14.6 Å². The molecule has 3 heterocycles. The Morgan fingerprint density at radius 2 is 2.17 bits per heavy atom. The zero-order valence-electron chi connectivity index (χ0n) is 13.5. The molecular weight excluding hydrogens is 328 g/mol. The molecule has 1 N–H and O–H groups in total. The second-order valence-corrected chi connectivity index (χ2v) is 6.33. The number of hydrogen-bond acceptors (Lipinski definition) is 6. The lowest BCUT2D eigenvalue weighted by Crippen LogP contribution is -2.15. The van der Waals surface area contributed by atoms with Gasteiger partial charge in [0.1, 0.15) is 10.6 Å². The molecule has 0 bridgehead atoms. The van der Waals surface area contributed by atoms with E-state index >= 15 is 0 Å². The highest BCUT2D eigenvalue weighted by Crippen LogP contribution is 2.33. The summed E-state index contributed by atoms with van der Waals surface area (Å²) in [5.74, 6) is -0.803. The number of carbonyl (C=O) groups excluding carboxylic acids is 2. The van der Waals surface area contributed by atoms with Crippen LogP contribution in [0.4, 0.5) is 5.00 Å². The third-order valence-electron chi connectivity index (χ3n) is 3.62. The van der Waals surface area contributed by atoms with Gasteiger partial charge in [-0.1, -0.05) is 0 Å². The molecule has 0 unspecified atom stereocenters. The lowest BCUT2D eigenvalue weighted by atomic mass is 10.1. The highest BCUT2D eigenvalue weighted by Gasteiger charge is 2.23. The van der Waals surface area contributed by atoms with Crippen LogP contribution in [-0.4, -0.2) is 33.1 Å². The van der Waals surface area contributed by atoms with Gasteiger partial charge >= 0.3 is 5.97 Å². The number of thiophene rings is 1. The lowest BCUT2D eigenvalue weighted by Gasteiger charge is -2.06. The molecule has 124 valence electrons. The summed E-state index contributed by atoms with van der Waals surface area (Å²) < 4.78 is 6.61. The Morgan fingerprint density at radius 1 is 1.38 bits per heavy atom. The molecule has 0 spiro atoms. The van der Waals surface area contributed by atoms with E-state index in [1.807, 2.05) is 13.8 Å². The number of rotatable bonds is 4. The molecule has 7 nitrogen and oxygen atoms in total. The first-order chi connectivity index (χ1) is 11.5. The molecule has 24 heavy (non-hydrogen) atoms. The van der Waals surface area contributed by atoms with Crippen molar-refractivity contribution in [2.24, 2.45) is 0 Å². The number of aromatic nitrogens is 3. The van der Waals surface area contributed by atoms with Crippen LogP contribution in [0, 0.1) is 13.8 Å². The number of hydrogen-bond donors (Lipinski definition) is 1. The van der Waals surface area contributed by atoms with Gasteiger partial charge in [0.05, 0.1) is 18.4 Å². The molecule has 0 atom stereocenters. The summed E-state index contributed by atoms with van der Waals surface area (Å²) in [4.78, 5) is 29.9. The standard InChI is InChI=1S/C16H16N4O3S/c1-4-23-16(22)12-9(2)10(3)24-15(12)19-14(21)11-8-18-20-7-5-6-17-13(11)20/h5-8H,4H2,1-3H3,(H,19,21). The fourth-order valence-electron chi connectivity index (χ4n) is 2.32. The molecule has 3 aromatic rings. The van der Waals surface area contributed by atoms with Crippen molar-refractivity contribution in [3.63, 3.8) is 0 Å². The SMILES string of the molecule is CCOC(=O)c1c(NC(=O)c2cnn3cccnc23)sc(C)c1C. The van der Waals surface area contributed by atoms with Gasteiger partial charge in [0.15, 0.2) is 5.65 Å². The second-order valence-electron chi connectivity index (χ2n) is 5.11. The van der Waals surface area contributed by atoms with Crippen LogP contribution in [0.3, 0.4) is 0 Å². The quantitative estimate of drug-likeness (QED) is 0.736. The fraction of sp³-hybridized carbons (Fsp3) is 0.250. The predicted octanol–water partition coefficient (Wildman–Crippen LogP) is 2.84. The van der Waals surface area contributed by atoms with E-state index in [0.717, 1.165) is 10.4 Å². The van der Waals surface area contributed by atoms with Gasteiger partial charge in [-0.15, -0.1) is 11.3 Å². The smallest absolute Gasteiger partial charge is 0.341 e. The number of esters is 1. The zero-order valence-corrected chi connectivity index (χ0v) is 14.3. The van der Waals surface area contributed by atoms with Gasteiger partial charge in [-0.3, -0.25) is 4.79 Å². The normalized spacial score (nSPS) is 10.8. The lowest BCUT2D eigenvalue weighted by molar-refractivity contribution is 0.0527. The maximum Gasteiger partial charge on any atom is 0.341 e. The summed E-state index contributed by atoms with van der Waals surface area (Å²) in [6.07, 6.45) is 4.76. The van der Waals surface area contributed by atoms with Crippen molar-refractivity contribution >= 4 is 33.9 Å². The van der Waals surface area contributed by atoms with E-state index in [1.54, 1.807) is 25.4 Å². The van der Waals surface area contributed by atoms with Gasteiger partial charge in [0, 0.05) is 17.3 Å². The molecule has 8 heteroatoms. The monoisotopic (exact) mass is 344 g/mol. The minimum Gasteiger partial charge on any atom is -0.462 e. The largest absolute Gasteiger partial charge is 0.462 e. The molecule has 0 aromatic carbocycles. The van der Waals surface area contributed by atoms with Gasteiger partial charge < -0.3 is 10.1 Å². The van der Waals surface area contributed by atoms with Crippen LogP contribution in [0.5, 0.6) is 0 Å². The zero-order chi connectivity index (χ0) is 17.3. The van der Waals surface area contributed by atoms with E-state index < -0.39 is 5.97 Å². The highest BCUT2D eigenvalue weighted by molar-refractivity contribution is 7.16. The molecule has 0 aliphatic heterocycles. The first-order valence-electron chi connectivity index (χ1n) is 7.39. The molecule has 0 aliphatic rings. The van der Waals surface area contributed by atoms with Crippen LogP contribution in [-0.2, 0) is 4.74 Å². The first-order valence-corrected chi connectivity index (χ1v) is 8.21. The van der Waals surface area contributed by atoms with E-state index in [9.17, 15) is 9.59 Å². The van der Waals surface area contributed by atoms with E-state index in [1.165, 1.54) is 22.0 Å². The summed E-state index contributed by atoms with van der Waals surface area (Å²) in [7, 11) is 0. The summed E-state index contributed by atoms with van der Waals surface area (Å²) in [5, 5.41) is 7.36. The first kappa shape index (κ1) is 16.1. The summed E-state index contributed by atoms with van der Waals surface area (Å²) in [6, 6.07) is 1.73. The number of amides is 1. The van der Waals surface area contributed by atoms with Gasteiger partial charge in [-0.05, 0) is 32.4 Å². The highest BCUT2D eigenvalue weighted by atomic mass is 32.1. The Hall–Kier alpha value is -2.74. The molecule has 0 fully saturated rings. The minimum atomic E-state index is -0.437. The number of aryl methyl sites for hydroxylation is 1. The topological polar surface area (TPSA) is 85.6 Å². The van der Waals surface area contributed by atoms with Crippen molar-refractivity contribution < 1.29 is 14.3 Å². The van der Waals surface area contributed by atoms with Crippen molar-refractivity contribution in [3.05, 3.63) is 46.2 Å². The Labute approximate surface area is 142 Å². The Bertz CT molecular complexity index is 929. The number of nitrogens with one attached hydrogen (secondary N) is 1. The molecule has 0 saturated heterocycles. The number of anilines is 1. The molecule has 0 saturated carbocycles. The van der Waals surface area contributed by atoms with Gasteiger partial charge in [0.25, 0.3) is 5.91 Å². The molecule has 3 aromatic heterocycles. The van der Waals surface area contributed by atoms with Crippen LogP contribution in [0.1, 0.15) is 38.1 Å². The van der Waals surface area contributed by atoms with Crippen LogP contribution < -0.4 is 5.32 Å². The Balaban J connectivity index is 1.95. The van der Waals surface area contributed by atoms with E-state index in [0.29, 0.717) is 21.8 Å². The molecular formula is C16H16N4O3S. The van der Waals surface area contributed by atoms with Crippen molar-refractivity contribution in [2.75, 3.05) is 11.9 Å². The third kappa shape index (κ3) is 2.76. The Kier molecular flexibility index (Phi) is 4.30. The average Bonchev–Trinajstić information content (AvgIpc) is 3.09. The third-order valence-corrected chi connectivity index (χ3v) is 4.74. The summed E-state index contributed by atoms with van der Waals surface area (Å²) >= 11 is 1.35. The van der Waals surface area contributed by atoms with Crippen LogP contribution in [0.2, 0.25) is 0 Å². The van der Waals surface area contributed by atoms with E-state index in [2.05, 4.69) is 15.4 Å². The minimum absolute atomic E-state index is 0.276. The maximum absolute atomic E-state index is 12.6. The summed E-state index contributed by atoms with van der Waals surface area (Å²) in [5.41, 5.74) is 2.01. The molecule has 3 rings (SSSR count). The van der Waals surface area contributed by atoms with Crippen molar-refractivity contribution in [3.8, 4) is 0 Å². The van der Waals surface area contributed by atoms with Crippen LogP contribution in [0.25, 0.3) is 5.65 Å². The van der Waals surface area contributed by atoms with Crippen molar-refractivity contribution in [1.29, 1.82) is 0 Å². The molecule has 0 aliphatic carbocycles. The number of fused-ring (bicyclic) bond motifs is 1.